The molecule has 0 aromatic rings. The topological polar surface area (TPSA) is 187 Å². The fourth-order valence-corrected chi connectivity index (χ4v) is 1.43. The largest absolute Gasteiger partial charge is 1.00 e. The molecule has 0 radical (unpaired) electrons. The van der Waals surface area contributed by atoms with Crippen molar-refractivity contribution in [2.24, 2.45) is 5.73 Å². The Hall–Kier alpha value is 1.84. The molecular formula is C17H29NNa4O8. The van der Waals surface area contributed by atoms with E-state index in [1.165, 1.54) is 0 Å². The summed E-state index contributed by atoms with van der Waals surface area (Å²) in [6, 6.07) is -1.21. The van der Waals surface area contributed by atoms with E-state index >= 15 is 0 Å². The maximum absolute atomic E-state index is 9.86. The summed E-state index contributed by atoms with van der Waals surface area (Å²) in [7, 11) is 0. The molecule has 0 aliphatic heterocycles. The van der Waals surface area contributed by atoms with Crippen molar-refractivity contribution < 1.29 is 158 Å². The zero-order chi connectivity index (χ0) is 21.0. The Morgan fingerprint density at radius 2 is 0.933 bits per heavy atom. The standard InChI is InChI=1S/2C6H12O2.C5H9NO4.4Na/c2*1-2-3-4-5-6(7)8;6-3(5(9)10)1-2-4(7)8;;;;/h2*2-5H2,1H3,(H,7,8);3H,1-2,6H2,(H,7,8)(H,9,10);;;;/q;;;4*+1/p-4/t;;3-;;;;/m..0..../s1. The number of hydrogen-bond donors (Lipinski definition) is 1. The Balaban J connectivity index is -0.0000000500. The van der Waals surface area contributed by atoms with Gasteiger partial charge < -0.3 is 45.3 Å². The van der Waals surface area contributed by atoms with Gasteiger partial charge in [-0.15, -0.1) is 0 Å². The van der Waals surface area contributed by atoms with Gasteiger partial charge in [-0.3, -0.25) is 0 Å². The van der Waals surface area contributed by atoms with Gasteiger partial charge in [0.2, 0.25) is 0 Å². The number of hydrogen-bond acceptors (Lipinski definition) is 9. The molecule has 13 heteroatoms. The normalized spacial score (nSPS) is 9.03. The molecule has 0 aliphatic carbocycles. The second-order valence-electron chi connectivity index (χ2n) is 5.49. The first-order valence-electron chi connectivity index (χ1n) is 8.64. The molecular weight excluding hydrogens is 438 g/mol. The second-order valence-corrected chi connectivity index (χ2v) is 5.49. The first-order chi connectivity index (χ1) is 12.1. The van der Waals surface area contributed by atoms with E-state index in [9.17, 15) is 39.6 Å². The fraction of sp³-hybridized carbons (Fsp3) is 0.765. The third-order valence-corrected chi connectivity index (χ3v) is 2.93. The predicted molar refractivity (Wildman–Crippen MR) is 85.5 cm³/mol. The van der Waals surface area contributed by atoms with Crippen molar-refractivity contribution in [3.63, 3.8) is 0 Å². The molecule has 0 aromatic heterocycles. The first-order valence-corrected chi connectivity index (χ1v) is 8.64. The summed E-state index contributed by atoms with van der Waals surface area (Å²) in [5.74, 6) is -4.62. The Kier molecular flexibility index (Phi) is 62.4. The van der Waals surface area contributed by atoms with E-state index in [2.05, 4.69) is 0 Å². The van der Waals surface area contributed by atoms with Crippen molar-refractivity contribution in [3.8, 4) is 0 Å². The van der Waals surface area contributed by atoms with Gasteiger partial charge in [-0.05, 0) is 38.5 Å². The van der Waals surface area contributed by atoms with Crippen LogP contribution in [0.2, 0.25) is 0 Å². The van der Waals surface area contributed by atoms with Crippen molar-refractivity contribution in [2.45, 2.75) is 84.1 Å². The molecule has 154 valence electrons. The number of rotatable bonds is 12. The molecule has 0 saturated heterocycles. The third kappa shape index (κ3) is 57.1. The van der Waals surface area contributed by atoms with Crippen LogP contribution >= 0.6 is 0 Å². The molecule has 30 heavy (non-hydrogen) atoms. The fourth-order valence-electron chi connectivity index (χ4n) is 1.43. The van der Waals surface area contributed by atoms with Gasteiger partial charge in [0.25, 0.3) is 0 Å². The van der Waals surface area contributed by atoms with Crippen molar-refractivity contribution in [1.82, 2.24) is 0 Å². The summed E-state index contributed by atoms with van der Waals surface area (Å²) in [5, 5.41) is 39.1. The van der Waals surface area contributed by atoms with Crippen LogP contribution in [-0.4, -0.2) is 29.9 Å². The molecule has 1 atom stereocenters. The molecule has 0 unspecified atom stereocenters. The van der Waals surface area contributed by atoms with E-state index in [1.54, 1.807) is 0 Å². The van der Waals surface area contributed by atoms with E-state index < -0.39 is 29.9 Å². The van der Waals surface area contributed by atoms with Crippen LogP contribution in [0.4, 0.5) is 0 Å². The summed E-state index contributed by atoms with van der Waals surface area (Å²) in [6.45, 7) is 4.07. The minimum atomic E-state index is -1.44. The molecule has 0 spiro atoms. The molecule has 0 amide bonds. The summed E-state index contributed by atoms with van der Waals surface area (Å²) >= 11 is 0. The molecule has 0 bridgehead atoms. The van der Waals surface area contributed by atoms with Crippen molar-refractivity contribution >= 4 is 23.9 Å². The van der Waals surface area contributed by atoms with E-state index in [0.717, 1.165) is 38.5 Å². The quantitative estimate of drug-likeness (QED) is 0.215. The summed E-state index contributed by atoms with van der Waals surface area (Å²) in [4.78, 5) is 39.1. The van der Waals surface area contributed by atoms with Crippen LogP contribution in [0.1, 0.15) is 78.1 Å². The number of carbonyl (C=O) groups is 4. The molecule has 0 heterocycles. The van der Waals surface area contributed by atoms with Gasteiger partial charge in [-0.2, -0.15) is 0 Å². The van der Waals surface area contributed by atoms with Crippen LogP contribution in [0.25, 0.3) is 0 Å². The van der Waals surface area contributed by atoms with E-state index in [-0.39, 0.29) is 144 Å². The minimum Gasteiger partial charge on any atom is -0.550 e. The predicted octanol–water partition coefficient (Wildman–Crippen LogP) is -14.8. The van der Waals surface area contributed by atoms with E-state index in [4.69, 9.17) is 5.73 Å². The number of nitrogens with two attached hydrogens (primary N) is 1. The molecule has 0 aromatic carbocycles. The van der Waals surface area contributed by atoms with Gasteiger partial charge in [0, 0.05) is 23.9 Å². The number of carboxylic acids is 4. The SMILES string of the molecule is CCCCCC(=O)[O-].CCCCCC(=O)[O-].N[C@@H](CCC(=O)[O-])C(=O)[O-].[Na+].[Na+].[Na+].[Na+]. The molecule has 9 nitrogen and oxygen atoms in total. The van der Waals surface area contributed by atoms with Crippen molar-refractivity contribution in [2.75, 3.05) is 0 Å². The third-order valence-electron chi connectivity index (χ3n) is 2.93. The molecule has 2 N–H and O–H groups in total. The maximum atomic E-state index is 9.86. The number of carbonyl (C=O) groups excluding carboxylic acids is 4. The van der Waals surface area contributed by atoms with Crippen LogP contribution in [-0.2, 0) is 19.2 Å². The Bertz CT molecular complexity index is 395. The molecule has 0 fully saturated rings. The van der Waals surface area contributed by atoms with Gasteiger partial charge >= 0.3 is 118 Å². The molecule has 0 rings (SSSR count). The van der Waals surface area contributed by atoms with Gasteiger partial charge in [-0.25, -0.2) is 0 Å². The number of unbranched alkanes of at least 4 members (excludes halogenated alkanes) is 4. The summed E-state index contributed by atoms with van der Waals surface area (Å²) in [6.07, 6.45) is 5.57. The average molecular weight is 467 g/mol. The van der Waals surface area contributed by atoms with Crippen LogP contribution < -0.4 is 144 Å². The number of carboxylic acid groups (broad SMARTS) is 4. The zero-order valence-electron chi connectivity index (χ0n) is 19.5. The van der Waals surface area contributed by atoms with E-state index in [1.807, 2.05) is 13.8 Å². The zero-order valence-corrected chi connectivity index (χ0v) is 27.5. The Morgan fingerprint density at radius 1 is 0.633 bits per heavy atom. The van der Waals surface area contributed by atoms with Crippen LogP contribution in [0.15, 0.2) is 0 Å². The van der Waals surface area contributed by atoms with Crippen LogP contribution in [0.3, 0.4) is 0 Å². The van der Waals surface area contributed by atoms with Gasteiger partial charge in [0.1, 0.15) is 0 Å². The maximum Gasteiger partial charge on any atom is 1.00 e. The number of aliphatic carboxylic acids is 4. The van der Waals surface area contributed by atoms with E-state index in [0.29, 0.717) is 0 Å². The second kappa shape index (κ2) is 38.1. The summed E-state index contributed by atoms with van der Waals surface area (Å²) in [5.41, 5.74) is 4.91. The smallest absolute Gasteiger partial charge is 0.550 e. The summed E-state index contributed by atoms with van der Waals surface area (Å²) < 4.78 is 0. The van der Waals surface area contributed by atoms with Gasteiger partial charge in [-0.1, -0.05) is 39.5 Å². The Morgan fingerprint density at radius 3 is 1.13 bits per heavy atom. The monoisotopic (exact) mass is 467 g/mol. The van der Waals surface area contributed by atoms with Gasteiger partial charge in [0.05, 0.1) is 5.97 Å². The average Bonchev–Trinajstić information content (AvgIpc) is 2.53. The molecule has 0 saturated carbocycles. The molecule has 0 aliphatic rings. The van der Waals surface area contributed by atoms with Crippen LogP contribution in [0.5, 0.6) is 0 Å². The minimum absolute atomic E-state index is 0. The first kappa shape index (κ1) is 49.1. The van der Waals surface area contributed by atoms with Crippen LogP contribution in [0, 0.1) is 0 Å². The van der Waals surface area contributed by atoms with Gasteiger partial charge in [0.15, 0.2) is 0 Å². The van der Waals surface area contributed by atoms with Crippen molar-refractivity contribution in [3.05, 3.63) is 0 Å². The van der Waals surface area contributed by atoms with Crippen molar-refractivity contribution in [1.29, 1.82) is 0 Å². The Labute approximate surface area is 267 Å².